The van der Waals surface area contributed by atoms with Crippen molar-refractivity contribution in [2.24, 2.45) is 5.92 Å². The zero-order valence-corrected chi connectivity index (χ0v) is 15.1. The van der Waals surface area contributed by atoms with Crippen LogP contribution >= 0.6 is 0 Å². The number of ether oxygens (including phenoxy) is 2. The Morgan fingerprint density at radius 3 is 2.38 bits per heavy atom. The summed E-state index contributed by atoms with van der Waals surface area (Å²) in [5, 5.41) is 5.25. The highest BCUT2D eigenvalue weighted by Gasteiger charge is 2.24. The summed E-state index contributed by atoms with van der Waals surface area (Å²) in [6, 6.07) is 7.29. The van der Waals surface area contributed by atoms with E-state index in [4.69, 9.17) is 4.74 Å². The molecule has 0 radical (unpaired) electrons. The number of amides is 3. The lowest BCUT2D eigenvalue weighted by molar-refractivity contribution is -0.139. The van der Waals surface area contributed by atoms with Crippen molar-refractivity contribution < 1.29 is 23.9 Å². The number of hydrogen-bond acceptors (Lipinski definition) is 5. The van der Waals surface area contributed by atoms with Crippen LogP contribution in [0.25, 0.3) is 0 Å². The van der Waals surface area contributed by atoms with E-state index in [1.54, 1.807) is 18.1 Å². The zero-order chi connectivity index (χ0) is 18.9. The van der Waals surface area contributed by atoms with E-state index in [1.165, 1.54) is 7.11 Å². The fraction of sp³-hybridized carbons (Fsp3) is 0.500. The summed E-state index contributed by atoms with van der Waals surface area (Å²) in [7, 11) is 2.91. The fourth-order valence-corrected chi connectivity index (χ4v) is 2.87. The molecule has 8 nitrogen and oxygen atoms in total. The summed E-state index contributed by atoms with van der Waals surface area (Å²) < 4.78 is 9.90. The molecule has 1 saturated heterocycles. The normalized spacial score (nSPS) is 14.5. The fourth-order valence-electron chi connectivity index (χ4n) is 2.87. The summed E-state index contributed by atoms with van der Waals surface area (Å²) in [6.45, 7) is 1.81. The number of likely N-dealkylation sites (tertiary alicyclic amines) is 1. The average molecular weight is 363 g/mol. The minimum absolute atomic E-state index is 0.216. The molecule has 8 heteroatoms. The highest BCUT2D eigenvalue weighted by Crippen LogP contribution is 2.17. The first-order valence-electron chi connectivity index (χ1n) is 8.56. The number of rotatable bonds is 5. The van der Waals surface area contributed by atoms with E-state index >= 15 is 0 Å². The molecule has 0 saturated carbocycles. The molecule has 26 heavy (non-hydrogen) atoms. The number of carbonyl (C=O) groups excluding carboxylic acids is 3. The molecule has 0 aliphatic carbocycles. The SMILES string of the molecule is COC(=O)N1CCC(CNC(=O)C(=O)NCc2ccccc2OC)CC1. The van der Waals surface area contributed by atoms with Crippen LogP contribution in [0, 0.1) is 5.92 Å². The molecule has 0 atom stereocenters. The molecule has 2 N–H and O–H groups in total. The van der Waals surface area contributed by atoms with Crippen molar-refractivity contribution in [2.75, 3.05) is 33.9 Å². The van der Waals surface area contributed by atoms with Crippen LogP contribution in [-0.4, -0.2) is 56.7 Å². The third-order valence-electron chi connectivity index (χ3n) is 4.44. The molecule has 0 unspecified atom stereocenters. The first kappa shape index (κ1) is 19.6. The number of piperidine rings is 1. The Morgan fingerprint density at radius 1 is 1.08 bits per heavy atom. The van der Waals surface area contributed by atoms with Crippen molar-refractivity contribution in [3.05, 3.63) is 29.8 Å². The maximum atomic E-state index is 11.9. The first-order chi connectivity index (χ1) is 12.5. The van der Waals surface area contributed by atoms with Crippen molar-refractivity contribution in [3.8, 4) is 5.75 Å². The van der Waals surface area contributed by atoms with Gasteiger partial charge in [0.1, 0.15) is 5.75 Å². The van der Waals surface area contributed by atoms with Gasteiger partial charge in [-0.15, -0.1) is 0 Å². The topological polar surface area (TPSA) is 97.0 Å². The van der Waals surface area contributed by atoms with Gasteiger partial charge in [-0.05, 0) is 24.8 Å². The minimum atomic E-state index is -0.678. The van der Waals surface area contributed by atoms with E-state index < -0.39 is 11.8 Å². The summed E-state index contributed by atoms with van der Waals surface area (Å²) >= 11 is 0. The van der Waals surface area contributed by atoms with Crippen LogP contribution in [0.3, 0.4) is 0 Å². The van der Waals surface area contributed by atoms with Crippen LogP contribution in [0.1, 0.15) is 18.4 Å². The summed E-state index contributed by atoms with van der Waals surface area (Å²) in [5.74, 6) is -0.439. The predicted molar refractivity (Wildman–Crippen MR) is 94.6 cm³/mol. The Bertz CT molecular complexity index is 641. The second-order valence-corrected chi connectivity index (χ2v) is 6.11. The average Bonchev–Trinajstić information content (AvgIpc) is 2.70. The van der Waals surface area contributed by atoms with E-state index in [0.29, 0.717) is 25.4 Å². The van der Waals surface area contributed by atoms with Gasteiger partial charge in [0.15, 0.2) is 0 Å². The molecule has 1 aromatic rings. The lowest BCUT2D eigenvalue weighted by atomic mass is 9.97. The minimum Gasteiger partial charge on any atom is -0.496 e. The number of methoxy groups -OCH3 is 2. The van der Waals surface area contributed by atoms with Crippen LogP contribution in [-0.2, 0) is 20.9 Å². The molecule has 0 aromatic heterocycles. The highest BCUT2D eigenvalue weighted by atomic mass is 16.5. The van der Waals surface area contributed by atoms with Gasteiger partial charge >= 0.3 is 17.9 Å². The summed E-state index contributed by atoms with van der Waals surface area (Å²) in [5.41, 5.74) is 0.798. The Hall–Kier alpha value is -2.77. The van der Waals surface area contributed by atoms with Crippen molar-refractivity contribution in [1.29, 1.82) is 0 Å². The monoisotopic (exact) mass is 363 g/mol. The van der Waals surface area contributed by atoms with Crippen LogP contribution < -0.4 is 15.4 Å². The highest BCUT2D eigenvalue weighted by molar-refractivity contribution is 6.35. The van der Waals surface area contributed by atoms with Crippen LogP contribution in [0.15, 0.2) is 24.3 Å². The molecule has 3 amide bonds. The molecule has 1 aliphatic heterocycles. The Balaban J connectivity index is 1.71. The summed E-state index contributed by atoms with van der Waals surface area (Å²) in [6.07, 6.45) is 1.19. The van der Waals surface area contributed by atoms with Gasteiger partial charge in [-0.3, -0.25) is 9.59 Å². The van der Waals surface area contributed by atoms with Crippen LogP contribution in [0.4, 0.5) is 4.79 Å². The van der Waals surface area contributed by atoms with Crippen molar-refractivity contribution in [2.45, 2.75) is 19.4 Å². The second-order valence-electron chi connectivity index (χ2n) is 6.11. The molecule has 1 fully saturated rings. The molecule has 0 bridgehead atoms. The molecule has 142 valence electrons. The molecule has 1 aromatic carbocycles. The maximum Gasteiger partial charge on any atom is 0.409 e. The van der Waals surface area contributed by atoms with E-state index in [9.17, 15) is 14.4 Å². The lowest BCUT2D eigenvalue weighted by Crippen LogP contribution is -2.44. The first-order valence-corrected chi connectivity index (χ1v) is 8.56. The third-order valence-corrected chi connectivity index (χ3v) is 4.44. The van der Waals surface area contributed by atoms with Crippen molar-refractivity contribution >= 4 is 17.9 Å². The van der Waals surface area contributed by atoms with Crippen molar-refractivity contribution in [3.63, 3.8) is 0 Å². The number of benzene rings is 1. The van der Waals surface area contributed by atoms with Gasteiger partial charge in [-0.25, -0.2) is 4.79 Å². The van der Waals surface area contributed by atoms with E-state index in [2.05, 4.69) is 15.4 Å². The van der Waals surface area contributed by atoms with Gasteiger partial charge in [-0.2, -0.15) is 0 Å². The van der Waals surface area contributed by atoms with Gasteiger partial charge in [0, 0.05) is 31.7 Å². The summed E-state index contributed by atoms with van der Waals surface area (Å²) in [4.78, 5) is 36.9. The Kier molecular flexibility index (Phi) is 7.25. The lowest BCUT2D eigenvalue weighted by Gasteiger charge is -2.30. The number of nitrogens with zero attached hydrogens (tertiary/aromatic N) is 1. The van der Waals surface area contributed by atoms with Gasteiger partial charge in [-0.1, -0.05) is 18.2 Å². The third kappa shape index (κ3) is 5.37. The Morgan fingerprint density at radius 2 is 1.73 bits per heavy atom. The maximum absolute atomic E-state index is 11.9. The number of nitrogens with one attached hydrogen (secondary N) is 2. The van der Waals surface area contributed by atoms with Gasteiger partial charge < -0.3 is 25.0 Å². The van der Waals surface area contributed by atoms with E-state index in [0.717, 1.165) is 18.4 Å². The number of hydrogen-bond donors (Lipinski definition) is 2. The second kappa shape index (κ2) is 9.65. The van der Waals surface area contributed by atoms with Gasteiger partial charge in [0.25, 0.3) is 0 Å². The smallest absolute Gasteiger partial charge is 0.409 e. The molecular weight excluding hydrogens is 338 g/mol. The predicted octanol–water partition coefficient (Wildman–Crippen LogP) is 0.906. The van der Waals surface area contributed by atoms with E-state index in [1.807, 2.05) is 18.2 Å². The quantitative estimate of drug-likeness (QED) is 0.758. The van der Waals surface area contributed by atoms with Crippen LogP contribution in [0.2, 0.25) is 0 Å². The molecular formula is C18H25N3O5. The molecule has 0 spiro atoms. The van der Waals surface area contributed by atoms with Crippen molar-refractivity contribution in [1.82, 2.24) is 15.5 Å². The van der Waals surface area contributed by atoms with Crippen LogP contribution in [0.5, 0.6) is 5.75 Å². The molecule has 1 heterocycles. The molecule has 2 rings (SSSR count). The number of para-hydroxylation sites is 1. The standard InChI is InChI=1S/C18H25N3O5/c1-25-15-6-4-3-5-14(15)12-20-17(23)16(22)19-11-13-7-9-21(10-8-13)18(24)26-2/h3-6,13H,7-12H2,1-2H3,(H,19,22)(H,20,23). The van der Waals surface area contributed by atoms with Gasteiger partial charge in [0.2, 0.25) is 0 Å². The van der Waals surface area contributed by atoms with Gasteiger partial charge in [0.05, 0.1) is 14.2 Å². The zero-order valence-electron chi connectivity index (χ0n) is 15.1. The Labute approximate surface area is 152 Å². The van der Waals surface area contributed by atoms with E-state index in [-0.39, 0.29) is 18.6 Å². The largest absolute Gasteiger partial charge is 0.496 e. The molecule has 1 aliphatic rings. The number of carbonyl (C=O) groups is 3.